The molecule has 0 unspecified atom stereocenters. The number of hydrogen-bond donors (Lipinski definition) is 2. The van der Waals surface area contributed by atoms with Crippen molar-refractivity contribution < 1.29 is 0 Å². The number of thiocarbonyl (C=S) groups is 1. The Morgan fingerprint density at radius 3 is 2.83 bits per heavy atom. The van der Waals surface area contributed by atoms with Crippen LogP contribution in [0.4, 0.5) is 11.5 Å². The molecule has 2 heterocycles. The van der Waals surface area contributed by atoms with Crippen molar-refractivity contribution >= 4 is 28.7 Å². The molecule has 0 fully saturated rings. The van der Waals surface area contributed by atoms with Crippen LogP contribution in [0.1, 0.15) is 18.2 Å². The second kappa shape index (κ2) is 5.14. The molecule has 18 heavy (non-hydrogen) atoms. The molecule has 94 valence electrons. The minimum Gasteiger partial charge on any atom is -0.389 e. The van der Waals surface area contributed by atoms with E-state index in [1.54, 1.807) is 10.9 Å². The molecule has 0 saturated carbocycles. The smallest absolute Gasteiger partial charge is 0.130 e. The molecule has 0 aliphatic heterocycles. The van der Waals surface area contributed by atoms with E-state index in [-0.39, 0.29) is 0 Å². The van der Waals surface area contributed by atoms with Crippen LogP contribution in [0.5, 0.6) is 0 Å². The molecule has 0 saturated heterocycles. The van der Waals surface area contributed by atoms with Gasteiger partial charge in [-0.3, -0.25) is 4.68 Å². The molecular formula is C12H15N5S. The molecule has 2 rings (SSSR count). The average Bonchev–Trinajstić information content (AvgIpc) is 2.70. The first-order chi connectivity index (χ1) is 8.60. The number of aromatic nitrogens is 3. The Morgan fingerprint density at radius 1 is 1.50 bits per heavy atom. The molecule has 6 heteroatoms. The van der Waals surface area contributed by atoms with Gasteiger partial charge in [0.15, 0.2) is 0 Å². The highest BCUT2D eigenvalue weighted by atomic mass is 32.1. The molecule has 0 aliphatic carbocycles. The molecule has 3 N–H and O–H groups in total. The Labute approximate surface area is 111 Å². The molecule has 2 aromatic heterocycles. The zero-order valence-corrected chi connectivity index (χ0v) is 11.2. The third-order valence-corrected chi connectivity index (χ3v) is 2.79. The molecule has 0 bridgehead atoms. The van der Waals surface area contributed by atoms with E-state index in [0.29, 0.717) is 4.99 Å². The van der Waals surface area contributed by atoms with E-state index in [2.05, 4.69) is 22.3 Å². The maximum Gasteiger partial charge on any atom is 0.130 e. The van der Waals surface area contributed by atoms with Gasteiger partial charge in [0.25, 0.3) is 0 Å². The van der Waals surface area contributed by atoms with E-state index in [0.717, 1.165) is 29.2 Å². The van der Waals surface area contributed by atoms with Crippen molar-refractivity contribution in [2.75, 3.05) is 5.32 Å². The van der Waals surface area contributed by atoms with E-state index < -0.39 is 0 Å². The number of rotatable bonds is 4. The fraction of sp³-hybridized carbons (Fsp3) is 0.250. The molecule has 0 amide bonds. The van der Waals surface area contributed by atoms with Gasteiger partial charge in [-0.2, -0.15) is 5.10 Å². The largest absolute Gasteiger partial charge is 0.389 e. The fourth-order valence-electron chi connectivity index (χ4n) is 1.65. The number of nitrogens with two attached hydrogens (primary N) is 1. The van der Waals surface area contributed by atoms with Gasteiger partial charge in [0, 0.05) is 25.0 Å². The number of aryl methyl sites for hydroxylation is 2. The van der Waals surface area contributed by atoms with Crippen molar-refractivity contribution in [3.05, 3.63) is 35.8 Å². The highest BCUT2D eigenvalue weighted by molar-refractivity contribution is 7.80. The number of hydrogen-bond acceptors (Lipinski definition) is 4. The van der Waals surface area contributed by atoms with Crippen LogP contribution >= 0.6 is 12.2 Å². The quantitative estimate of drug-likeness (QED) is 0.821. The Kier molecular flexibility index (Phi) is 3.57. The second-order valence-corrected chi connectivity index (χ2v) is 4.38. The zero-order chi connectivity index (χ0) is 13.1. The van der Waals surface area contributed by atoms with Gasteiger partial charge in [-0.25, -0.2) is 4.98 Å². The first kappa shape index (κ1) is 12.5. The molecule has 0 aliphatic rings. The maximum absolute atomic E-state index is 5.52. The van der Waals surface area contributed by atoms with Crippen molar-refractivity contribution in [1.82, 2.24) is 14.8 Å². The predicted molar refractivity (Wildman–Crippen MR) is 76.0 cm³/mol. The number of anilines is 2. The van der Waals surface area contributed by atoms with Gasteiger partial charge in [0.1, 0.15) is 10.8 Å². The average molecular weight is 261 g/mol. The van der Waals surface area contributed by atoms with E-state index in [4.69, 9.17) is 18.0 Å². The van der Waals surface area contributed by atoms with Crippen LogP contribution in [-0.2, 0) is 13.5 Å². The highest BCUT2D eigenvalue weighted by Crippen LogP contribution is 2.18. The molecule has 0 atom stereocenters. The van der Waals surface area contributed by atoms with Crippen molar-refractivity contribution in [1.29, 1.82) is 0 Å². The standard InChI is InChI=1S/C12H15N5S/c1-3-9-10(7-17(2)16-9)15-11-5-4-8(6-14-11)12(13)18/h4-7H,3H2,1-2H3,(H2,13,18)(H,14,15). The first-order valence-electron chi connectivity index (χ1n) is 5.65. The fourth-order valence-corrected chi connectivity index (χ4v) is 1.77. The molecule has 2 aromatic rings. The minimum absolute atomic E-state index is 0.352. The molecular weight excluding hydrogens is 246 g/mol. The Morgan fingerprint density at radius 2 is 2.28 bits per heavy atom. The summed E-state index contributed by atoms with van der Waals surface area (Å²) < 4.78 is 1.78. The van der Waals surface area contributed by atoms with Crippen LogP contribution in [0.15, 0.2) is 24.5 Å². The predicted octanol–water partition coefficient (Wildman–Crippen LogP) is 1.76. The SMILES string of the molecule is CCc1nn(C)cc1Nc1ccc(C(N)=S)cn1. The molecule has 0 radical (unpaired) electrons. The van der Waals surface area contributed by atoms with Crippen LogP contribution in [0.2, 0.25) is 0 Å². The van der Waals surface area contributed by atoms with E-state index in [9.17, 15) is 0 Å². The Bertz CT molecular complexity index is 558. The summed E-state index contributed by atoms with van der Waals surface area (Å²) in [6.45, 7) is 2.07. The van der Waals surface area contributed by atoms with Crippen LogP contribution in [0, 0.1) is 0 Å². The summed E-state index contributed by atoms with van der Waals surface area (Å²) in [4.78, 5) is 4.62. The van der Waals surface area contributed by atoms with E-state index in [1.807, 2.05) is 25.4 Å². The number of nitrogens with one attached hydrogen (secondary N) is 1. The molecule has 5 nitrogen and oxygen atoms in total. The van der Waals surface area contributed by atoms with E-state index >= 15 is 0 Å². The summed E-state index contributed by atoms with van der Waals surface area (Å²) in [5.74, 6) is 0.748. The Hall–Kier alpha value is -1.95. The van der Waals surface area contributed by atoms with Crippen LogP contribution in [0.25, 0.3) is 0 Å². The lowest BCUT2D eigenvalue weighted by Gasteiger charge is -2.05. The third kappa shape index (κ3) is 2.65. The summed E-state index contributed by atoms with van der Waals surface area (Å²) in [6, 6.07) is 3.70. The topological polar surface area (TPSA) is 68.8 Å². The summed E-state index contributed by atoms with van der Waals surface area (Å²) in [7, 11) is 1.90. The van der Waals surface area contributed by atoms with Gasteiger partial charge in [0.05, 0.1) is 11.4 Å². The number of nitrogens with zero attached hydrogens (tertiary/aromatic N) is 3. The van der Waals surface area contributed by atoms with Gasteiger partial charge < -0.3 is 11.1 Å². The van der Waals surface area contributed by atoms with E-state index in [1.165, 1.54) is 0 Å². The molecule has 0 spiro atoms. The highest BCUT2D eigenvalue weighted by Gasteiger charge is 2.06. The van der Waals surface area contributed by atoms with Gasteiger partial charge in [-0.15, -0.1) is 0 Å². The lowest BCUT2D eigenvalue weighted by atomic mass is 10.2. The minimum atomic E-state index is 0.352. The van der Waals surface area contributed by atoms with Gasteiger partial charge in [-0.05, 0) is 18.6 Å². The van der Waals surface area contributed by atoms with Crippen LogP contribution < -0.4 is 11.1 Å². The third-order valence-electron chi connectivity index (χ3n) is 2.55. The van der Waals surface area contributed by atoms with Crippen LogP contribution in [0.3, 0.4) is 0 Å². The van der Waals surface area contributed by atoms with Gasteiger partial charge in [-0.1, -0.05) is 19.1 Å². The lowest BCUT2D eigenvalue weighted by molar-refractivity contribution is 0.746. The van der Waals surface area contributed by atoms with Crippen molar-refractivity contribution in [3.8, 4) is 0 Å². The lowest BCUT2D eigenvalue weighted by Crippen LogP contribution is -2.09. The summed E-state index contributed by atoms with van der Waals surface area (Å²) in [6.07, 6.45) is 4.46. The van der Waals surface area contributed by atoms with Gasteiger partial charge >= 0.3 is 0 Å². The van der Waals surface area contributed by atoms with Crippen molar-refractivity contribution in [2.24, 2.45) is 12.8 Å². The first-order valence-corrected chi connectivity index (χ1v) is 6.06. The number of pyridine rings is 1. The van der Waals surface area contributed by atoms with Gasteiger partial charge in [0.2, 0.25) is 0 Å². The summed E-state index contributed by atoms with van der Waals surface area (Å²) >= 11 is 4.88. The summed E-state index contributed by atoms with van der Waals surface area (Å²) in [5, 5.41) is 7.59. The second-order valence-electron chi connectivity index (χ2n) is 3.94. The molecule has 0 aromatic carbocycles. The van der Waals surface area contributed by atoms with Crippen molar-refractivity contribution in [3.63, 3.8) is 0 Å². The zero-order valence-electron chi connectivity index (χ0n) is 10.3. The monoisotopic (exact) mass is 261 g/mol. The Balaban J connectivity index is 2.20. The maximum atomic E-state index is 5.52. The normalized spacial score (nSPS) is 10.3. The van der Waals surface area contributed by atoms with Crippen molar-refractivity contribution in [2.45, 2.75) is 13.3 Å². The summed E-state index contributed by atoms with van der Waals surface area (Å²) in [5.41, 5.74) is 8.26. The van der Waals surface area contributed by atoms with Crippen LogP contribution in [-0.4, -0.2) is 19.8 Å².